The van der Waals surface area contributed by atoms with Gasteiger partial charge in [0.25, 0.3) is 0 Å². The SMILES string of the molecule is CN=C(NCCCOC1CCCCC1)NCc1ccc(S(=O)(=O)N(C)C(C)C)cc1. The van der Waals surface area contributed by atoms with Crippen LogP contribution in [0.25, 0.3) is 0 Å². The number of benzene rings is 1. The molecule has 1 aromatic carbocycles. The van der Waals surface area contributed by atoms with Crippen LogP contribution in [0.15, 0.2) is 34.2 Å². The predicted molar refractivity (Wildman–Crippen MR) is 122 cm³/mol. The third-order valence-electron chi connectivity index (χ3n) is 5.53. The van der Waals surface area contributed by atoms with Gasteiger partial charge < -0.3 is 15.4 Å². The zero-order valence-corrected chi connectivity index (χ0v) is 19.7. The van der Waals surface area contributed by atoms with Crippen LogP contribution in [0.2, 0.25) is 0 Å². The molecule has 0 aromatic heterocycles. The summed E-state index contributed by atoms with van der Waals surface area (Å²) in [6.45, 7) is 5.85. The van der Waals surface area contributed by atoms with E-state index in [0.29, 0.717) is 17.5 Å². The van der Waals surface area contributed by atoms with Crippen LogP contribution >= 0.6 is 0 Å². The van der Waals surface area contributed by atoms with Gasteiger partial charge in [-0.25, -0.2) is 8.42 Å². The molecule has 1 aliphatic rings. The van der Waals surface area contributed by atoms with Crippen LogP contribution in [0.5, 0.6) is 0 Å². The molecule has 1 saturated carbocycles. The van der Waals surface area contributed by atoms with E-state index in [4.69, 9.17) is 4.74 Å². The first-order chi connectivity index (χ1) is 14.3. The molecule has 0 aliphatic heterocycles. The van der Waals surface area contributed by atoms with Crippen LogP contribution in [-0.4, -0.2) is 58.1 Å². The summed E-state index contributed by atoms with van der Waals surface area (Å²) >= 11 is 0. The Balaban J connectivity index is 1.72. The molecule has 0 amide bonds. The number of aliphatic imine (C=N–C) groups is 1. The summed E-state index contributed by atoms with van der Waals surface area (Å²) < 4.78 is 32.4. The van der Waals surface area contributed by atoms with Crippen molar-refractivity contribution < 1.29 is 13.2 Å². The van der Waals surface area contributed by atoms with E-state index in [1.807, 2.05) is 26.0 Å². The van der Waals surface area contributed by atoms with Crippen molar-refractivity contribution in [2.24, 2.45) is 4.99 Å². The van der Waals surface area contributed by atoms with Crippen molar-refractivity contribution in [1.29, 1.82) is 0 Å². The molecule has 1 fully saturated rings. The molecule has 8 heteroatoms. The number of hydrogen-bond donors (Lipinski definition) is 2. The van der Waals surface area contributed by atoms with Gasteiger partial charge in [0.2, 0.25) is 10.0 Å². The number of sulfonamides is 1. The van der Waals surface area contributed by atoms with E-state index >= 15 is 0 Å². The van der Waals surface area contributed by atoms with Crippen LogP contribution in [0.3, 0.4) is 0 Å². The van der Waals surface area contributed by atoms with Crippen molar-refractivity contribution in [3.05, 3.63) is 29.8 Å². The van der Waals surface area contributed by atoms with Gasteiger partial charge in [-0.05, 0) is 50.8 Å². The maximum absolute atomic E-state index is 12.5. The summed E-state index contributed by atoms with van der Waals surface area (Å²) in [5, 5.41) is 6.56. The molecular weight excluding hydrogens is 400 g/mol. The highest BCUT2D eigenvalue weighted by molar-refractivity contribution is 7.89. The quantitative estimate of drug-likeness (QED) is 0.333. The topological polar surface area (TPSA) is 83.0 Å². The highest BCUT2D eigenvalue weighted by atomic mass is 32.2. The minimum atomic E-state index is -3.45. The van der Waals surface area contributed by atoms with Gasteiger partial charge in [0, 0.05) is 39.8 Å². The zero-order valence-electron chi connectivity index (χ0n) is 18.9. The molecule has 0 saturated heterocycles. The van der Waals surface area contributed by atoms with E-state index in [1.54, 1.807) is 26.2 Å². The number of nitrogens with one attached hydrogen (secondary N) is 2. The third-order valence-corrected chi connectivity index (χ3v) is 7.58. The van der Waals surface area contributed by atoms with E-state index in [2.05, 4.69) is 15.6 Å². The van der Waals surface area contributed by atoms with Gasteiger partial charge >= 0.3 is 0 Å². The Morgan fingerprint density at radius 1 is 1.17 bits per heavy atom. The first-order valence-electron chi connectivity index (χ1n) is 11.0. The van der Waals surface area contributed by atoms with Gasteiger partial charge in [-0.3, -0.25) is 4.99 Å². The van der Waals surface area contributed by atoms with Crippen molar-refractivity contribution >= 4 is 16.0 Å². The maximum atomic E-state index is 12.5. The van der Waals surface area contributed by atoms with Gasteiger partial charge in [0.05, 0.1) is 11.0 Å². The zero-order chi connectivity index (χ0) is 22.0. The Bertz CT molecular complexity index is 757. The molecular formula is C22H38N4O3S. The highest BCUT2D eigenvalue weighted by Gasteiger charge is 2.22. The van der Waals surface area contributed by atoms with Crippen LogP contribution in [0.1, 0.15) is 57.9 Å². The van der Waals surface area contributed by atoms with E-state index in [0.717, 1.165) is 31.1 Å². The smallest absolute Gasteiger partial charge is 0.243 e. The summed E-state index contributed by atoms with van der Waals surface area (Å²) in [5.74, 6) is 0.726. The van der Waals surface area contributed by atoms with E-state index in [9.17, 15) is 8.42 Å². The lowest BCUT2D eigenvalue weighted by Gasteiger charge is -2.22. The normalized spacial score (nSPS) is 16.3. The van der Waals surface area contributed by atoms with Crippen LogP contribution in [0.4, 0.5) is 0 Å². The van der Waals surface area contributed by atoms with Crippen LogP contribution in [0, 0.1) is 0 Å². The van der Waals surface area contributed by atoms with Crippen molar-refractivity contribution in [3.8, 4) is 0 Å². The van der Waals surface area contributed by atoms with E-state index in [-0.39, 0.29) is 6.04 Å². The molecule has 30 heavy (non-hydrogen) atoms. The Hall–Kier alpha value is -1.64. The molecule has 0 unspecified atom stereocenters. The Kier molecular flexibility index (Phi) is 10.1. The lowest BCUT2D eigenvalue weighted by molar-refractivity contribution is 0.0277. The lowest BCUT2D eigenvalue weighted by Crippen LogP contribution is -2.37. The summed E-state index contributed by atoms with van der Waals surface area (Å²) in [6, 6.07) is 6.89. The standard InChI is InChI=1S/C22H38N4O3S/c1-18(2)26(4)30(27,28)21-13-11-19(12-14-21)17-25-22(23-3)24-15-8-16-29-20-9-6-5-7-10-20/h11-14,18,20H,5-10,15-17H2,1-4H3,(H2,23,24,25). The summed E-state index contributed by atoms with van der Waals surface area (Å²) in [7, 11) is -0.108. The fraction of sp³-hybridized carbons (Fsp3) is 0.682. The molecule has 0 heterocycles. The number of hydrogen-bond acceptors (Lipinski definition) is 4. The molecule has 7 nitrogen and oxygen atoms in total. The second-order valence-electron chi connectivity index (χ2n) is 8.10. The Labute approximate surface area is 182 Å². The molecule has 2 rings (SSSR count). The lowest BCUT2D eigenvalue weighted by atomic mass is 9.98. The summed E-state index contributed by atoms with van der Waals surface area (Å²) in [5.41, 5.74) is 0.990. The molecule has 2 N–H and O–H groups in total. The average molecular weight is 439 g/mol. The molecule has 170 valence electrons. The third kappa shape index (κ3) is 7.56. The van der Waals surface area contributed by atoms with Gasteiger partial charge in [-0.2, -0.15) is 4.31 Å². The van der Waals surface area contributed by atoms with E-state index < -0.39 is 10.0 Å². The van der Waals surface area contributed by atoms with Crippen molar-refractivity contribution in [2.75, 3.05) is 27.2 Å². The summed E-state index contributed by atoms with van der Waals surface area (Å²) in [4.78, 5) is 4.55. The molecule has 0 radical (unpaired) electrons. The second-order valence-corrected chi connectivity index (χ2v) is 10.1. The Morgan fingerprint density at radius 2 is 1.83 bits per heavy atom. The number of nitrogens with zero attached hydrogens (tertiary/aromatic N) is 2. The number of ether oxygens (including phenoxy) is 1. The molecule has 0 bridgehead atoms. The van der Waals surface area contributed by atoms with Gasteiger partial charge in [0.15, 0.2) is 5.96 Å². The molecule has 1 aliphatic carbocycles. The van der Waals surface area contributed by atoms with Crippen LogP contribution in [-0.2, 0) is 21.3 Å². The Morgan fingerprint density at radius 3 is 2.43 bits per heavy atom. The van der Waals surface area contributed by atoms with Gasteiger partial charge in [-0.15, -0.1) is 0 Å². The van der Waals surface area contributed by atoms with Crippen molar-refractivity contribution in [2.45, 2.75) is 76.0 Å². The largest absolute Gasteiger partial charge is 0.378 e. The first kappa shape index (κ1) is 24.6. The highest BCUT2D eigenvalue weighted by Crippen LogP contribution is 2.20. The first-order valence-corrected chi connectivity index (χ1v) is 12.4. The molecule has 1 aromatic rings. The van der Waals surface area contributed by atoms with Crippen LogP contribution < -0.4 is 10.6 Å². The molecule has 0 spiro atoms. The molecule has 0 atom stereocenters. The number of guanidine groups is 1. The summed E-state index contributed by atoms with van der Waals surface area (Å²) in [6.07, 6.45) is 7.71. The van der Waals surface area contributed by atoms with Crippen molar-refractivity contribution in [3.63, 3.8) is 0 Å². The monoisotopic (exact) mass is 438 g/mol. The average Bonchev–Trinajstić information content (AvgIpc) is 2.76. The minimum Gasteiger partial charge on any atom is -0.378 e. The second kappa shape index (κ2) is 12.3. The fourth-order valence-electron chi connectivity index (χ4n) is 3.39. The maximum Gasteiger partial charge on any atom is 0.243 e. The van der Waals surface area contributed by atoms with Gasteiger partial charge in [0.1, 0.15) is 0 Å². The van der Waals surface area contributed by atoms with E-state index in [1.165, 1.54) is 36.4 Å². The van der Waals surface area contributed by atoms with Gasteiger partial charge in [-0.1, -0.05) is 31.4 Å². The fourth-order valence-corrected chi connectivity index (χ4v) is 4.76. The minimum absolute atomic E-state index is 0.0844. The van der Waals surface area contributed by atoms with Crippen molar-refractivity contribution in [1.82, 2.24) is 14.9 Å². The number of rotatable bonds is 10. The predicted octanol–water partition coefficient (Wildman–Crippen LogP) is 3.12.